The number of hydrogen-bond acceptors (Lipinski definition) is 3. The van der Waals surface area contributed by atoms with Gasteiger partial charge in [0.2, 0.25) is 0 Å². The van der Waals surface area contributed by atoms with Crippen LogP contribution in [0.4, 0.5) is 17.1 Å². The van der Waals surface area contributed by atoms with E-state index >= 15 is 0 Å². The van der Waals surface area contributed by atoms with Crippen LogP contribution in [0.5, 0.6) is 0 Å². The molecule has 10 aromatic carbocycles. The third-order valence-corrected chi connectivity index (χ3v) is 12.6. The zero-order chi connectivity index (χ0) is 40.7. The van der Waals surface area contributed by atoms with E-state index in [1.54, 1.807) is 0 Å². The van der Waals surface area contributed by atoms with Crippen molar-refractivity contribution in [1.82, 2.24) is 4.57 Å². The Bertz CT molecular complexity index is 3850. The van der Waals surface area contributed by atoms with Crippen LogP contribution in [0.1, 0.15) is 0 Å². The Morgan fingerprint density at radius 1 is 0.339 bits per heavy atom. The molecular formula is C58H36N2O2. The molecule has 0 spiro atoms. The number of benzene rings is 10. The van der Waals surface area contributed by atoms with Crippen LogP contribution in [0.25, 0.3) is 104 Å². The summed E-state index contributed by atoms with van der Waals surface area (Å²) in [5.74, 6) is 0. The summed E-state index contributed by atoms with van der Waals surface area (Å²) in [6, 6.07) is 78.0. The first-order valence-electron chi connectivity index (χ1n) is 21.1. The van der Waals surface area contributed by atoms with E-state index < -0.39 is 0 Å². The Hall–Kier alpha value is -8.34. The molecule has 0 amide bonds. The molecule has 4 heteroatoms. The molecule has 0 aliphatic heterocycles. The minimum absolute atomic E-state index is 0.855. The number of para-hydroxylation sites is 4. The van der Waals surface area contributed by atoms with Gasteiger partial charge in [0.1, 0.15) is 22.3 Å². The predicted octanol–water partition coefficient (Wildman–Crippen LogP) is 16.5. The molecule has 0 bridgehead atoms. The number of furan rings is 2. The molecule has 0 N–H and O–H groups in total. The molecule has 0 saturated carbocycles. The van der Waals surface area contributed by atoms with Gasteiger partial charge in [-0.15, -0.1) is 0 Å². The summed E-state index contributed by atoms with van der Waals surface area (Å²) in [5.41, 5.74) is 14.7. The van der Waals surface area contributed by atoms with Gasteiger partial charge in [-0.1, -0.05) is 146 Å². The number of hydrogen-bond donors (Lipinski definition) is 0. The summed E-state index contributed by atoms with van der Waals surface area (Å²) >= 11 is 0. The monoisotopic (exact) mass is 792 g/mol. The third kappa shape index (κ3) is 5.33. The lowest BCUT2D eigenvalue weighted by Crippen LogP contribution is -2.09. The van der Waals surface area contributed by atoms with E-state index in [0.717, 1.165) is 88.9 Å². The second-order valence-electron chi connectivity index (χ2n) is 16.1. The fraction of sp³-hybridized carbons (Fsp3) is 0. The first-order chi connectivity index (χ1) is 30.7. The number of anilines is 3. The molecule has 0 unspecified atom stereocenters. The Morgan fingerprint density at radius 3 is 1.71 bits per heavy atom. The lowest BCUT2D eigenvalue weighted by Gasteiger charge is -2.26. The minimum Gasteiger partial charge on any atom is -0.456 e. The Labute approximate surface area is 356 Å². The van der Waals surface area contributed by atoms with E-state index in [-0.39, 0.29) is 0 Å². The molecule has 3 heterocycles. The Balaban J connectivity index is 0.933. The van der Waals surface area contributed by atoms with Crippen LogP contribution in [-0.4, -0.2) is 4.57 Å². The van der Waals surface area contributed by atoms with Crippen molar-refractivity contribution in [1.29, 1.82) is 0 Å². The van der Waals surface area contributed by atoms with Crippen LogP contribution in [-0.2, 0) is 0 Å². The lowest BCUT2D eigenvalue weighted by molar-refractivity contribution is 0.669. The summed E-state index contributed by atoms with van der Waals surface area (Å²) in [4.78, 5) is 2.31. The van der Waals surface area contributed by atoms with Crippen molar-refractivity contribution >= 4 is 93.5 Å². The van der Waals surface area contributed by atoms with E-state index in [9.17, 15) is 0 Å². The zero-order valence-corrected chi connectivity index (χ0v) is 33.5. The highest BCUT2D eigenvalue weighted by Crippen LogP contribution is 2.43. The molecule has 4 nitrogen and oxygen atoms in total. The average molecular weight is 793 g/mol. The maximum Gasteiger partial charge on any atom is 0.143 e. The van der Waals surface area contributed by atoms with Gasteiger partial charge in [-0.25, -0.2) is 0 Å². The van der Waals surface area contributed by atoms with E-state index in [0.29, 0.717) is 0 Å². The molecule has 0 atom stereocenters. The minimum atomic E-state index is 0.855. The molecule has 0 aliphatic carbocycles. The highest BCUT2D eigenvalue weighted by molar-refractivity contribution is 6.19. The van der Waals surface area contributed by atoms with Crippen LogP contribution in [0.3, 0.4) is 0 Å². The van der Waals surface area contributed by atoms with E-state index in [1.165, 1.54) is 32.6 Å². The van der Waals surface area contributed by atoms with Crippen LogP contribution < -0.4 is 4.90 Å². The van der Waals surface area contributed by atoms with Crippen LogP contribution >= 0.6 is 0 Å². The quantitative estimate of drug-likeness (QED) is 0.168. The molecule has 0 fully saturated rings. The molecule has 0 saturated heterocycles. The molecular weight excluding hydrogens is 757 g/mol. The summed E-state index contributed by atoms with van der Waals surface area (Å²) in [6.07, 6.45) is 0. The lowest BCUT2D eigenvalue weighted by atomic mass is 10.0. The molecule has 13 rings (SSSR count). The zero-order valence-electron chi connectivity index (χ0n) is 33.5. The van der Waals surface area contributed by atoms with Gasteiger partial charge in [0.05, 0.1) is 11.0 Å². The van der Waals surface area contributed by atoms with Crippen molar-refractivity contribution < 1.29 is 8.83 Å². The van der Waals surface area contributed by atoms with Gasteiger partial charge in [0.25, 0.3) is 0 Å². The fourth-order valence-corrected chi connectivity index (χ4v) is 9.67. The van der Waals surface area contributed by atoms with Crippen molar-refractivity contribution in [3.8, 4) is 27.9 Å². The number of fused-ring (bicyclic) bond motifs is 11. The second-order valence-corrected chi connectivity index (χ2v) is 16.1. The predicted molar refractivity (Wildman–Crippen MR) is 258 cm³/mol. The van der Waals surface area contributed by atoms with Gasteiger partial charge in [-0.05, 0) is 88.8 Å². The van der Waals surface area contributed by atoms with Gasteiger partial charge >= 0.3 is 0 Å². The number of nitrogens with zero attached hydrogens (tertiary/aromatic N) is 2. The highest BCUT2D eigenvalue weighted by atomic mass is 16.3. The van der Waals surface area contributed by atoms with Crippen LogP contribution in [0.2, 0.25) is 0 Å². The van der Waals surface area contributed by atoms with Gasteiger partial charge in [0.15, 0.2) is 0 Å². The molecule has 0 aliphatic rings. The summed E-state index contributed by atoms with van der Waals surface area (Å²) in [6.45, 7) is 0. The maximum absolute atomic E-state index is 6.43. The van der Waals surface area contributed by atoms with Crippen molar-refractivity contribution in [2.75, 3.05) is 4.90 Å². The first kappa shape index (κ1) is 34.5. The largest absolute Gasteiger partial charge is 0.456 e. The topological polar surface area (TPSA) is 34.5 Å². The highest BCUT2D eigenvalue weighted by Gasteiger charge is 2.19. The third-order valence-electron chi connectivity index (χ3n) is 12.6. The van der Waals surface area contributed by atoms with Crippen molar-refractivity contribution in [3.05, 3.63) is 218 Å². The van der Waals surface area contributed by atoms with E-state index in [1.807, 2.05) is 24.3 Å². The molecule has 290 valence electrons. The fourth-order valence-electron chi connectivity index (χ4n) is 9.67. The molecule has 13 aromatic rings. The summed E-state index contributed by atoms with van der Waals surface area (Å²) < 4.78 is 15.3. The van der Waals surface area contributed by atoms with E-state index in [2.05, 4.69) is 204 Å². The maximum atomic E-state index is 6.43. The van der Waals surface area contributed by atoms with Crippen molar-refractivity contribution in [2.24, 2.45) is 0 Å². The standard InChI is InChI=1S/C58H36N2O2/c1-2-12-41(13-3-1)60-53-35-40(26-32-47(53)51-33-25-38-11-4-5-14-45(38)57(51)60)37-21-27-42(28-22-37)59(44-31-34-50-48-15-6-8-19-54(48)61-56(50)36-44)43-29-23-39(24-30-43)46-17-10-18-52-49-16-7-9-20-55(49)62-58(46)52/h1-36H. The van der Waals surface area contributed by atoms with Crippen molar-refractivity contribution in [2.45, 2.75) is 0 Å². The number of aromatic nitrogens is 1. The Kier molecular flexibility index (Phi) is 7.57. The molecule has 62 heavy (non-hydrogen) atoms. The van der Waals surface area contributed by atoms with Crippen molar-refractivity contribution in [3.63, 3.8) is 0 Å². The van der Waals surface area contributed by atoms with Gasteiger partial charge in [0, 0.05) is 72.1 Å². The molecule has 3 aromatic heterocycles. The smallest absolute Gasteiger partial charge is 0.143 e. The number of rotatable bonds is 6. The van der Waals surface area contributed by atoms with Gasteiger partial charge in [-0.3, -0.25) is 0 Å². The SMILES string of the molecule is c1ccc(-n2c3cc(-c4ccc(N(c5ccc(-c6cccc7c6oc6ccccc67)cc5)c5ccc6c(c5)oc5ccccc56)cc4)ccc3c3ccc4ccccc4c32)cc1. The van der Waals surface area contributed by atoms with Crippen LogP contribution in [0.15, 0.2) is 227 Å². The summed E-state index contributed by atoms with van der Waals surface area (Å²) in [7, 11) is 0. The van der Waals surface area contributed by atoms with Gasteiger partial charge < -0.3 is 18.3 Å². The Morgan fingerprint density at radius 2 is 0.919 bits per heavy atom. The normalized spacial score (nSPS) is 11.9. The first-order valence-corrected chi connectivity index (χ1v) is 21.1. The average Bonchev–Trinajstić information content (AvgIpc) is 4.02. The second kappa shape index (κ2) is 13.6. The van der Waals surface area contributed by atoms with E-state index in [4.69, 9.17) is 8.83 Å². The molecule has 0 radical (unpaired) electrons. The summed E-state index contributed by atoms with van der Waals surface area (Å²) in [5, 5.41) is 9.44. The van der Waals surface area contributed by atoms with Crippen LogP contribution in [0, 0.1) is 0 Å². The van der Waals surface area contributed by atoms with Gasteiger partial charge in [-0.2, -0.15) is 0 Å².